The van der Waals surface area contributed by atoms with Gasteiger partial charge in [0.1, 0.15) is 11.4 Å². The van der Waals surface area contributed by atoms with Crippen molar-refractivity contribution < 1.29 is 9.53 Å². The lowest BCUT2D eigenvalue weighted by atomic mass is 10.2. The molecule has 8 nitrogen and oxygen atoms in total. The van der Waals surface area contributed by atoms with Gasteiger partial charge in [0.25, 0.3) is 0 Å². The summed E-state index contributed by atoms with van der Waals surface area (Å²) in [6.45, 7) is 6.61. The van der Waals surface area contributed by atoms with Crippen molar-refractivity contribution in [2.24, 2.45) is 0 Å². The number of amides is 2. The van der Waals surface area contributed by atoms with Gasteiger partial charge in [-0.1, -0.05) is 12.8 Å². The second-order valence-electron chi connectivity index (χ2n) is 8.06. The molecule has 0 spiro atoms. The number of carbonyl (C=O) groups excluding carboxylic acids is 1. The van der Waals surface area contributed by atoms with Crippen LogP contribution in [0, 0.1) is 0 Å². The van der Waals surface area contributed by atoms with Crippen LogP contribution in [0.1, 0.15) is 46.5 Å². The minimum Gasteiger partial charge on any atom is -0.491 e. The van der Waals surface area contributed by atoms with E-state index in [4.69, 9.17) is 9.72 Å². The molecule has 1 saturated carbocycles. The van der Waals surface area contributed by atoms with E-state index in [2.05, 4.69) is 15.3 Å². The van der Waals surface area contributed by atoms with E-state index in [9.17, 15) is 4.79 Å². The summed E-state index contributed by atoms with van der Waals surface area (Å²) in [6, 6.07) is 8.00. The molecule has 1 aliphatic heterocycles. The van der Waals surface area contributed by atoms with E-state index in [0.29, 0.717) is 12.5 Å². The average molecular weight is 411 g/mol. The fraction of sp³-hybridized carbons (Fsp3) is 0.500. The molecule has 1 aliphatic carbocycles. The largest absolute Gasteiger partial charge is 0.491 e. The Bertz CT molecular complexity index is 895. The third-order valence-corrected chi connectivity index (χ3v) is 5.55. The number of aromatic nitrogens is 2. The van der Waals surface area contributed by atoms with Gasteiger partial charge in [-0.2, -0.15) is 4.98 Å². The second kappa shape index (κ2) is 8.38. The van der Waals surface area contributed by atoms with Gasteiger partial charge in [-0.05, 0) is 57.9 Å². The first-order chi connectivity index (χ1) is 14.5. The van der Waals surface area contributed by atoms with Crippen LogP contribution < -0.4 is 20.0 Å². The highest BCUT2D eigenvalue weighted by molar-refractivity contribution is 5.98. The van der Waals surface area contributed by atoms with Gasteiger partial charge in [0.2, 0.25) is 5.95 Å². The highest BCUT2D eigenvalue weighted by Crippen LogP contribution is 2.38. The molecule has 0 unspecified atom stereocenters. The molecule has 0 bridgehead atoms. The fourth-order valence-electron chi connectivity index (χ4n) is 4.14. The number of ether oxygens (including phenoxy) is 1. The Labute approximate surface area is 177 Å². The van der Waals surface area contributed by atoms with E-state index >= 15 is 0 Å². The quantitative estimate of drug-likeness (QED) is 0.752. The first-order valence-corrected chi connectivity index (χ1v) is 10.7. The van der Waals surface area contributed by atoms with Crippen LogP contribution >= 0.6 is 0 Å². The molecule has 0 radical (unpaired) electrons. The predicted molar refractivity (Wildman–Crippen MR) is 118 cm³/mol. The molecule has 8 heteroatoms. The second-order valence-corrected chi connectivity index (χ2v) is 8.06. The van der Waals surface area contributed by atoms with Gasteiger partial charge in [-0.25, -0.2) is 14.8 Å². The van der Waals surface area contributed by atoms with E-state index in [0.717, 1.165) is 35.8 Å². The van der Waals surface area contributed by atoms with Crippen molar-refractivity contribution in [1.82, 2.24) is 15.0 Å². The molecular weight excluding hydrogens is 380 g/mol. The number of carbonyl (C=O) groups is 1. The summed E-state index contributed by atoms with van der Waals surface area (Å²) in [7, 11) is 1.78. The molecule has 160 valence electrons. The summed E-state index contributed by atoms with van der Waals surface area (Å²) in [5.41, 5.74) is 1.62. The maximum Gasteiger partial charge on any atom is 0.343 e. The van der Waals surface area contributed by atoms with Gasteiger partial charge in [-0.15, -0.1) is 0 Å². The lowest BCUT2D eigenvalue weighted by Crippen LogP contribution is -2.59. The zero-order valence-electron chi connectivity index (χ0n) is 18.1. The number of hydrogen-bond acceptors (Lipinski definition) is 6. The maximum atomic E-state index is 12.9. The zero-order chi connectivity index (χ0) is 21.3. The van der Waals surface area contributed by atoms with Gasteiger partial charge >= 0.3 is 6.03 Å². The van der Waals surface area contributed by atoms with Crippen molar-refractivity contribution >= 4 is 29.2 Å². The normalized spacial score (nSPS) is 17.0. The van der Waals surface area contributed by atoms with Crippen LogP contribution in [-0.2, 0) is 0 Å². The van der Waals surface area contributed by atoms with Crippen LogP contribution in [0.25, 0.3) is 0 Å². The molecule has 1 fully saturated rings. The number of hydrazine groups is 1. The van der Waals surface area contributed by atoms with Crippen molar-refractivity contribution in [1.29, 1.82) is 0 Å². The van der Waals surface area contributed by atoms with Crippen molar-refractivity contribution in [3.05, 3.63) is 30.5 Å². The number of hydrogen-bond donors (Lipinski definition) is 1. The third-order valence-electron chi connectivity index (χ3n) is 5.55. The zero-order valence-corrected chi connectivity index (χ0v) is 18.1. The number of fused-ring (bicyclic) bond motifs is 1. The molecule has 1 N–H and O–H groups in total. The SMILES string of the molecule is CCN1C(=O)N(C)c2cnc(Nc3ccc(OC(C)C)cc3)nc2N1C1CCCC1. The molecule has 2 aliphatic rings. The van der Waals surface area contributed by atoms with E-state index in [1.54, 1.807) is 23.2 Å². The minimum atomic E-state index is -0.0399. The molecule has 4 rings (SSSR count). The number of urea groups is 1. The fourth-order valence-corrected chi connectivity index (χ4v) is 4.14. The summed E-state index contributed by atoms with van der Waals surface area (Å²) >= 11 is 0. The molecule has 2 aromatic rings. The van der Waals surface area contributed by atoms with Crippen molar-refractivity contribution in [2.45, 2.75) is 58.6 Å². The van der Waals surface area contributed by atoms with E-state index in [1.807, 2.05) is 45.0 Å². The van der Waals surface area contributed by atoms with Crippen molar-refractivity contribution in [2.75, 3.05) is 28.8 Å². The van der Waals surface area contributed by atoms with Crippen molar-refractivity contribution in [3.63, 3.8) is 0 Å². The summed E-state index contributed by atoms with van der Waals surface area (Å²) < 4.78 is 5.70. The molecule has 0 saturated heterocycles. The van der Waals surface area contributed by atoms with E-state index in [-0.39, 0.29) is 18.2 Å². The summed E-state index contributed by atoms with van der Waals surface area (Å²) in [4.78, 5) is 23.8. The Balaban J connectivity index is 1.63. The Morgan fingerprint density at radius 3 is 2.53 bits per heavy atom. The molecule has 1 aromatic carbocycles. The van der Waals surface area contributed by atoms with Crippen LogP contribution in [0.2, 0.25) is 0 Å². The standard InChI is InChI=1S/C22H30N6O2/c1-5-27-22(29)26(4)19-14-23-21(25-20(19)28(27)17-8-6-7-9-17)24-16-10-12-18(13-11-16)30-15(2)3/h10-15,17H,5-9H2,1-4H3,(H,23,24,25). The Morgan fingerprint density at radius 1 is 1.20 bits per heavy atom. The molecular formula is C22H30N6O2. The minimum absolute atomic E-state index is 0.0399. The lowest BCUT2D eigenvalue weighted by Gasteiger charge is -2.45. The van der Waals surface area contributed by atoms with Crippen molar-refractivity contribution in [3.8, 4) is 5.75 Å². The van der Waals surface area contributed by atoms with Crippen LogP contribution in [-0.4, -0.2) is 46.7 Å². The van der Waals surface area contributed by atoms with Gasteiger partial charge in [0.05, 0.1) is 18.3 Å². The molecule has 2 amide bonds. The number of rotatable bonds is 6. The molecule has 1 aromatic heterocycles. The molecule has 2 heterocycles. The smallest absolute Gasteiger partial charge is 0.343 e. The molecule has 30 heavy (non-hydrogen) atoms. The van der Waals surface area contributed by atoms with Gasteiger partial charge in [0.15, 0.2) is 5.82 Å². The van der Waals surface area contributed by atoms with Crippen LogP contribution in [0.3, 0.4) is 0 Å². The monoisotopic (exact) mass is 410 g/mol. The maximum absolute atomic E-state index is 12.9. The van der Waals surface area contributed by atoms with E-state index < -0.39 is 0 Å². The lowest BCUT2D eigenvalue weighted by molar-refractivity contribution is 0.191. The van der Waals surface area contributed by atoms with Crippen LogP contribution in [0.5, 0.6) is 5.75 Å². The number of benzene rings is 1. The Morgan fingerprint density at radius 2 is 1.90 bits per heavy atom. The summed E-state index contributed by atoms with van der Waals surface area (Å²) in [5, 5.41) is 7.17. The summed E-state index contributed by atoms with van der Waals surface area (Å²) in [5.74, 6) is 2.12. The third kappa shape index (κ3) is 3.86. The highest BCUT2D eigenvalue weighted by Gasteiger charge is 2.39. The number of nitrogens with zero attached hydrogens (tertiary/aromatic N) is 5. The highest BCUT2D eigenvalue weighted by atomic mass is 16.5. The number of anilines is 4. The van der Waals surface area contributed by atoms with Gasteiger partial charge < -0.3 is 10.1 Å². The van der Waals surface area contributed by atoms with Gasteiger partial charge in [-0.3, -0.25) is 9.91 Å². The predicted octanol–water partition coefficient (Wildman–Crippen LogP) is 4.56. The first kappa shape index (κ1) is 20.3. The molecule has 0 atom stereocenters. The van der Waals surface area contributed by atoms with Gasteiger partial charge in [0, 0.05) is 19.3 Å². The summed E-state index contributed by atoms with van der Waals surface area (Å²) in [6.07, 6.45) is 6.36. The topological polar surface area (TPSA) is 73.8 Å². The van der Waals surface area contributed by atoms with E-state index in [1.165, 1.54) is 12.8 Å². The first-order valence-electron chi connectivity index (χ1n) is 10.7. The number of nitrogens with one attached hydrogen (secondary N) is 1. The average Bonchev–Trinajstić information content (AvgIpc) is 3.26. The Hall–Kier alpha value is -3.03. The Kier molecular flexibility index (Phi) is 5.65. The van der Waals surface area contributed by atoms with Crippen LogP contribution in [0.15, 0.2) is 30.5 Å². The van der Waals surface area contributed by atoms with Crippen LogP contribution in [0.4, 0.5) is 27.9 Å².